The van der Waals surface area contributed by atoms with Gasteiger partial charge in [0, 0.05) is 11.6 Å². The maximum Gasteiger partial charge on any atom is 0.260 e. The predicted octanol–water partition coefficient (Wildman–Crippen LogP) is 2.61. The Balaban J connectivity index is 2.50. The lowest BCUT2D eigenvalue weighted by atomic mass is 10.1. The van der Waals surface area contributed by atoms with Crippen molar-refractivity contribution in [3.8, 4) is 11.5 Å². The topological polar surface area (TPSA) is 69.2 Å². The molecule has 0 fully saturated rings. The lowest BCUT2D eigenvalue weighted by molar-refractivity contribution is -0.126. The van der Waals surface area contributed by atoms with E-state index in [0.717, 1.165) is 5.56 Å². The highest BCUT2D eigenvalue weighted by atomic mass is 16.6. The number of ether oxygens (including phenoxy) is 2. The summed E-state index contributed by atoms with van der Waals surface area (Å²) in [5, 5.41) is 6.65. The fourth-order valence-corrected chi connectivity index (χ4v) is 1.70. The molecule has 0 spiro atoms. The van der Waals surface area contributed by atoms with E-state index in [1.165, 1.54) is 6.21 Å². The van der Waals surface area contributed by atoms with Gasteiger partial charge >= 0.3 is 0 Å². The Bertz CT molecular complexity index is 529. The Morgan fingerprint density at radius 3 is 2.65 bits per heavy atom. The highest BCUT2D eigenvalue weighted by Gasteiger charge is 2.10. The van der Waals surface area contributed by atoms with E-state index in [1.807, 2.05) is 33.8 Å². The summed E-state index contributed by atoms with van der Waals surface area (Å²) >= 11 is 0. The molecular formula is C17H26N2O4. The molecule has 1 rings (SSSR count). The van der Waals surface area contributed by atoms with E-state index in [1.54, 1.807) is 19.2 Å². The molecular weight excluding hydrogens is 296 g/mol. The number of carbonyl (C=O) groups is 1. The molecule has 1 aromatic carbocycles. The lowest BCUT2D eigenvalue weighted by Gasteiger charge is -2.16. The number of nitrogens with zero attached hydrogens (tertiary/aromatic N) is 1. The van der Waals surface area contributed by atoms with Crippen molar-refractivity contribution < 1.29 is 19.1 Å². The van der Waals surface area contributed by atoms with Gasteiger partial charge in [-0.1, -0.05) is 19.0 Å². The SMILES string of the molecule is CCOc1ccc(/C=N\OCC(=O)N[C@@H](C)C(C)C)cc1OC. The molecule has 0 bridgehead atoms. The first kappa shape index (κ1) is 18.8. The highest BCUT2D eigenvalue weighted by Crippen LogP contribution is 2.27. The number of hydrogen-bond acceptors (Lipinski definition) is 5. The minimum Gasteiger partial charge on any atom is -0.493 e. The number of carbonyl (C=O) groups excluding carboxylic acids is 1. The van der Waals surface area contributed by atoms with Crippen molar-refractivity contribution in [3.63, 3.8) is 0 Å². The van der Waals surface area contributed by atoms with E-state index in [-0.39, 0.29) is 18.6 Å². The minimum atomic E-state index is -0.187. The average Bonchev–Trinajstić information content (AvgIpc) is 2.52. The van der Waals surface area contributed by atoms with Crippen LogP contribution < -0.4 is 14.8 Å². The summed E-state index contributed by atoms with van der Waals surface area (Å²) < 4.78 is 10.7. The van der Waals surface area contributed by atoms with Crippen molar-refractivity contribution in [2.45, 2.75) is 33.7 Å². The summed E-state index contributed by atoms with van der Waals surface area (Å²) in [6.07, 6.45) is 1.53. The van der Waals surface area contributed by atoms with Crippen LogP contribution >= 0.6 is 0 Å². The quantitative estimate of drug-likeness (QED) is 0.560. The van der Waals surface area contributed by atoms with Crippen molar-refractivity contribution in [1.82, 2.24) is 5.32 Å². The van der Waals surface area contributed by atoms with E-state index in [4.69, 9.17) is 14.3 Å². The molecule has 0 aliphatic carbocycles. The van der Waals surface area contributed by atoms with E-state index in [0.29, 0.717) is 24.0 Å². The molecule has 1 aromatic rings. The number of amides is 1. The zero-order chi connectivity index (χ0) is 17.2. The second-order valence-electron chi connectivity index (χ2n) is 5.45. The van der Waals surface area contributed by atoms with Crippen LogP contribution in [0.1, 0.15) is 33.3 Å². The third-order valence-electron chi connectivity index (χ3n) is 3.35. The van der Waals surface area contributed by atoms with Gasteiger partial charge < -0.3 is 19.6 Å². The summed E-state index contributed by atoms with van der Waals surface area (Å²) in [5.41, 5.74) is 0.793. The molecule has 0 aliphatic heterocycles. The van der Waals surface area contributed by atoms with Gasteiger partial charge in [0.25, 0.3) is 5.91 Å². The zero-order valence-corrected chi connectivity index (χ0v) is 14.5. The monoisotopic (exact) mass is 322 g/mol. The number of methoxy groups -OCH3 is 1. The van der Waals surface area contributed by atoms with Gasteiger partial charge in [0.05, 0.1) is 19.9 Å². The van der Waals surface area contributed by atoms with Gasteiger partial charge in [-0.05, 0) is 38.0 Å². The predicted molar refractivity (Wildman–Crippen MR) is 90.2 cm³/mol. The number of hydrogen-bond donors (Lipinski definition) is 1. The van der Waals surface area contributed by atoms with Crippen molar-refractivity contribution >= 4 is 12.1 Å². The largest absolute Gasteiger partial charge is 0.493 e. The molecule has 6 heteroatoms. The standard InChI is InChI=1S/C17H26N2O4/c1-6-22-15-8-7-14(9-16(15)21-5)10-18-23-11-17(20)19-13(4)12(2)3/h7-10,12-13H,6,11H2,1-5H3,(H,19,20)/b18-10-/t13-/m0/s1. The molecule has 128 valence electrons. The van der Waals surface area contributed by atoms with E-state index >= 15 is 0 Å². The number of benzene rings is 1. The lowest BCUT2D eigenvalue weighted by Crippen LogP contribution is -2.38. The van der Waals surface area contributed by atoms with E-state index in [9.17, 15) is 4.79 Å². The van der Waals surface area contributed by atoms with Gasteiger partial charge in [0.2, 0.25) is 0 Å². The van der Waals surface area contributed by atoms with Crippen molar-refractivity contribution in [1.29, 1.82) is 0 Å². The van der Waals surface area contributed by atoms with Crippen molar-refractivity contribution in [3.05, 3.63) is 23.8 Å². The molecule has 0 saturated heterocycles. The summed E-state index contributed by atoms with van der Waals surface area (Å²) in [7, 11) is 1.58. The fraction of sp³-hybridized carbons (Fsp3) is 0.529. The van der Waals surface area contributed by atoms with Gasteiger partial charge in [0.15, 0.2) is 18.1 Å². The third-order valence-corrected chi connectivity index (χ3v) is 3.35. The summed E-state index contributed by atoms with van der Waals surface area (Å²) in [4.78, 5) is 16.7. The van der Waals surface area contributed by atoms with Crippen LogP contribution in [-0.4, -0.2) is 38.5 Å². The van der Waals surface area contributed by atoms with Crippen LogP contribution in [0.4, 0.5) is 0 Å². The summed E-state index contributed by atoms with van der Waals surface area (Å²) in [5.74, 6) is 1.49. The first-order valence-corrected chi connectivity index (χ1v) is 7.73. The maximum atomic E-state index is 11.6. The second-order valence-corrected chi connectivity index (χ2v) is 5.45. The van der Waals surface area contributed by atoms with E-state index < -0.39 is 0 Å². The Morgan fingerprint density at radius 2 is 2.04 bits per heavy atom. The van der Waals surface area contributed by atoms with Gasteiger partial charge in [-0.3, -0.25) is 4.79 Å². The first-order valence-electron chi connectivity index (χ1n) is 7.73. The third kappa shape index (κ3) is 6.59. The van der Waals surface area contributed by atoms with Crippen molar-refractivity contribution in [2.75, 3.05) is 20.3 Å². The minimum absolute atomic E-state index is 0.102. The molecule has 0 unspecified atom stereocenters. The van der Waals surface area contributed by atoms with Crippen LogP contribution in [0.3, 0.4) is 0 Å². The maximum absolute atomic E-state index is 11.6. The molecule has 6 nitrogen and oxygen atoms in total. The van der Waals surface area contributed by atoms with Crippen LogP contribution in [0, 0.1) is 5.92 Å². The van der Waals surface area contributed by atoms with Gasteiger partial charge in [-0.15, -0.1) is 0 Å². The van der Waals surface area contributed by atoms with Crippen molar-refractivity contribution in [2.24, 2.45) is 11.1 Å². The fourth-order valence-electron chi connectivity index (χ4n) is 1.70. The molecule has 1 amide bonds. The molecule has 1 N–H and O–H groups in total. The number of oxime groups is 1. The Morgan fingerprint density at radius 1 is 1.30 bits per heavy atom. The molecule has 0 radical (unpaired) electrons. The normalized spacial score (nSPS) is 12.3. The Hall–Kier alpha value is -2.24. The molecule has 23 heavy (non-hydrogen) atoms. The summed E-state index contributed by atoms with van der Waals surface area (Å²) in [6.45, 7) is 8.41. The summed E-state index contributed by atoms with van der Waals surface area (Å²) in [6, 6.07) is 5.53. The van der Waals surface area contributed by atoms with Crippen LogP contribution in [0.5, 0.6) is 11.5 Å². The average molecular weight is 322 g/mol. The van der Waals surface area contributed by atoms with Crippen LogP contribution in [-0.2, 0) is 9.63 Å². The van der Waals surface area contributed by atoms with Crippen LogP contribution in [0.25, 0.3) is 0 Å². The first-order chi connectivity index (χ1) is 11.0. The Kier molecular flexibility index (Phi) is 7.94. The van der Waals surface area contributed by atoms with Gasteiger partial charge in [-0.2, -0.15) is 0 Å². The molecule has 0 aliphatic rings. The molecule has 0 aromatic heterocycles. The highest BCUT2D eigenvalue weighted by molar-refractivity contribution is 5.81. The molecule has 1 atom stereocenters. The van der Waals surface area contributed by atoms with Gasteiger partial charge in [0.1, 0.15) is 0 Å². The number of rotatable bonds is 9. The van der Waals surface area contributed by atoms with Gasteiger partial charge in [-0.25, -0.2) is 0 Å². The number of nitrogens with one attached hydrogen (secondary N) is 1. The molecule has 0 heterocycles. The zero-order valence-electron chi connectivity index (χ0n) is 14.5. The van der Waals surface area contributed by atoms with Crippen LogP contribution in [0.15, 0.2) is 23.4 Å². The van der Waals surface area contributed by atoms with E-state index in [2.05, 4.69) is 10.5 Å². The Labute approximate surface area is 137 Å². The second kappa shape index (κ2) is 9.71. The van der Waals surface area contributed by atoms with Crippen LogP contribution in [0.2, 0.25) is 0 Å². The molecule has 0 saturated carbocycles. The smallest absolute Gasteiger partial charge is 0.260 e.